The Bertz CT molecular complexity index is 878. The first-order valence-corrected chi connectivity index (χ1v) is 10.4. The molecule has 2 aromatic rings. The zero-order valence-electron chi connectivity index (χ0n) is 14.4. The van der Waals surface area contributed by atoms with Gasteiger partial charge in [0.2, 0.25) is 0 Å². The molecule has 2 aliphatic rings. The monoisotopic (exact) mass is 424 g/mol. The number of hydrogen-bond acceptors (Lipinski definition) is 4. The highest BCUT2D eigenvalue weighted by Gasteiger charge is 2.23. The standard InChI is InChI=1S/C19H18Cl2N2O3S/c20-12-1-2-17-13(9-12)15(3-6-27-17)23-19(24)22-10-11-7-14(21)18-16(8-11)25-4-5-26-18/h1-2,7-9,15H,3-6,10H2,(H2,22,23,24). The number of carbonyl (C=O) groups is 1. The Labute approximate surface area is 171 Å². The molecule has 2 N–H and O–H groups in total. The van der Waals surface area contributed by atoms with Crippen LogP contribution in [0.1, 0.15) is 23.6 Å². The molecule has 1 unspecified atom stereocenters. The van der Waals surface area contributed by atoms with Crippen LogP contribution in [0.5, 0.6) is 11.5 Å². The van der Waals surface area contributed by atoms with Crippen LogP contribution in [0.2, 0.25) is 10.0 Å². The molecule has 2 heterocycles. The molecule has 27 heavy (non-hydrogen) atoms. The highest BCUT2D eigenvalue weighted by atomic mass is 35.5. The molecule has 5 nitrogen and oxygen atoms in total. The van der Waals surface area contributed by atoms with Gasteiger partial charge in [-0.15, -0.1) is 11.8 Å². The van der Waals surface area contributed by atoms with E-state index < -0.39 is 0 Å². The largest absolute Gasteiger partial charge is 0.486 e. The Kier molecular flexibility index (Phi) is 5.57. The number of benzene rings is 2. The molecule has 2 aromatic carbocycles. The molecular formula is C19H18Cl2N2O3S. The van der Waals surface area contributed by atoms with Crippen molar-refractivity contribution in [1.82, 2.24) is 10.6 Å². The van der Waals surface area contributed by atoms with Gasteiger partial charge in [0.1, 0.15) is 13.2 Å². The second-order valence-corrected chi connectivity index (χ2v) is 8.28. The van der Waals surface area contributed by atoms with Crippen LogP contribution in [0.25, 0.3) is 0 Å². The van der Waals surface area contributed by atoms with Crippen molar-refractivity contribution >= 4 is 41.0 Å². The number of amides is 2. The molecule has 0 bridgehead atoms. The second kappa shape index (κ2) is 8.09. The van der Waals surface area contributed by atoms with E-state index in [1.165, 1.54) is 0 Å². The van der Waals surface area contributed by atoms with Gasteiger partial charge in [0.05, 0.1) is 11.1 Å². The van der Waals surface area contributed by atoms with Crippen molar-refractivity contribution in [3.05, 3.63) is 51.5 Å². The molecule has 0 saturated heterocycles. The second-order valence-electron chi connectivity index (χ2n) is 6.30. The molecular weight excluding hydrogens is 407 g/mol. The van der Waals surface area contributed by atoms with E-state index in [4.69, 9.17) is 32.7 Å². The SMILES string of the molecule is O=C(NCc1cc(Cl)c2c(c1)OCCO2)NC1CCSc2ccc(Cl)cc21. The lowest BCUT2D eigenvalue weighted by Gasteiger charge is -2.26. The van der Waals surface area contributed by atoms with Crippen LogP contribution in [0.3, 0.4) is 0 Å². The van der Waals surface area contributed by atoms with Gasteiger partial charge in [-0.05, 0) is 47.9 Å². The maximum Gasteiger partial charge on any atom is 0.315 e. The predicted molar refractivity (Wildman–Crippen MR) is 107 cm³/mol. The Hall–Kier alpha value is -1.76. The molecule has 4 rings (SSSR count). The van der Waals surface area contributed by atoms with Gasteiger partial charge in [0.15, 0.2) is 11.5 Å². The minimum absolute atomic E-state index is 0.0520. The summed E-state index contributed by atoms with van der Waals surface area (Å²) in [7, 11) is 0. The number of carbonyl (C=O) groups excluding carboxylic acids is 1. The highest BCUT2D eigenvalue weighted by Crippen LogP contribution is 2.39. The molecule has 0 aliphatic carbocycles. The molecule has 8 heteroatoms. The van der Waals surface area contributed by atoms with Gasteiger partial charge in [0, 0.05) is 22.2 Å². The van der Waals surface area contributed by atoms with Crippen LogP contribution < -0.4 is 20.1 Å². The van der Waals surface area contributed by atoms with E-state index in [9.17, 15) is 4.79 Å². The van der Waals surface area contributed by atoms with E-state index in [2.05, 4.69) is 10.6 Å². The third-order valence-corrected chi connectivity index (χ3v) is 6.06. The van der Waals surface area contributed by atoms with Crippen LogP contribution in [-0.2, 0) is 6.54 Å². The number of hydrogen-bond donors (Lipinski definition) is 2. The predicted octanol–water partition coefficient (Wildman–Crippen LogP) is 4.80. The normalized spacial score (nSPS) is 17.8. The van der Waals surface area contributed by atoms with Crippen molar-refractivity contribution in [1.29, 1.82) is 0 Å². The van der Waals surface area contributed by atoms with Crippen molar-refractivity contribution in [2.75, 3.05) is 19.0 Å². The lowest BCUT2D eigenvalue weighted by atomic mass is 10.0. The van der Waals surface area contributed by atoms with Gasteiger partial charge in [-0.1, -0.05) is 23.2 Å². The first kappa shape index (κ1) is 18.6. The Morgan fingerprint density at radius 1 is 1.19 bits per heavy atom. The summed E-state index contributed by atoms with van der Waals surface area (Å²) in [5.74, 6) is 2.13. The number of ether oxygens (including phenoxy) is 2. The lowest BCUT2D eigenvalue weighted by molar-refractivity contribution is 0.171. The fourth-order valence-electron chi connectivity index (χ4n) is 3.17. The lowest BCUT2D eigenvalue weighted by Crippen LogP contribution is -2.38. The van der Waals surface area contributed by atoms with Crippen molar-refractivity contribution in [3.63, 3.8) is 0 Å². The first-order valence-electron chi connectivity index (χ1n) is 8.65. The van der Waals surface area contributed by atoms with E-state index >= 15 is 0 Å². The Morgan fingerprint density at radius 3 is 2.93 bits per heavy atom. The molecule has 0 spiro atoms. The zero-order chi connectivity index (χ0) is 18.8. The summed E-state index contributed by atoms with van der Waals surface area (Å²) in [6.07, 6.45) is 0.862. The van der Waals surface area contributed by atoms with Crippen LogP contribution in [0, 0.1) is 0 Å². The van der Waals surface area contributed by atoms with Gasteiger partial charge in [-0.2, -0.15) is 0 Å². The fourth-order valence-corrected chi connectivity index (χ4v) is 4.75. The van der Waals surface area contributed by atoms with Crippen LogP contribution in [-0.4, -0.2) is 25.0 Å². The minimum Gasteiger partial charge on any atom is -0.486 e. The number of thioether (sulfide) groups is 1. The Balaban J connectivity index is 1.40. The van der Waals surface area contributed by atoms with Gasteiger partial charge < -0.3 is 20.1 Å². The molecule has 0 radical (unpaired) electrons. The van der Waals surface area contributed by atoms with E-state index in [0.29, 0.717) is 41.3 Å². The van der Waals surface area contributed by atoms with E-state index in [0.717, 1.165) is 28.2 Å². The van der Waals surface area contributed by atoms with Crippen molar-refractivity contribution < 1.29 is 14.3 Å². The smallest absolute Gasteiger partial charge is 0.315 e. The van der Waals surface area contributed by atoms with Gasteiger partial charge in [-0.3, -0.25) is 0 Å². The summed E-state index contributed by atoms with van der Waals surface area (Å²) in [5, 5.41) is 7.08. The summed E-state index contributed by atoms with van der Waals surface area (Å²) < 4.78 is 11.1. The topological polar surface area (TPSA) is 59.6 Å². The first-order chi connectivity index (χ1) is 13.1. The van der Waals surface area contributed by atoms with E-state index in [1.807, 2.05) is 24.3 Å². The molecule has 0 saturated carbocycles. The van der Waals surface area contributed by atoms with Crippen molar-refractivity contribution in [2.24, 2.45) is 0 Å². The number of halogens is 2. The maximum absolute atomic E-state index is 12.4. The van der Waals surface area contributed by atoms with Crippen molar-refractivity contribution in [2.45, 2.75) is 23.9 Å². The molecule has 2 aliphatic heterocycles. The molecule has 2 amide bonds. The summed E-state index contributed by atoms with van der Waals surface area (Å²) in [6, 6.07) is 9.14. The fraction of sp³-hybridized carbons (Fsp3) is 0.316. The quantitative estimate of drug-likeness (QED) is 0.742. The van der Waals surface area contributed by atoms with Gasteiger partial charge in [0.25, 0.3) is 0 Å². The number of fused-ring (bicyclic) bond motifs is 2. The average Bonchev–Trinajstić information content (AvgIpc) is 2.67. The van der Waals surface area contributed by atoms with E-state index in [1.54, 1.807) is 17.8 Å². The van der Waals surface area contributed by atoms with Gasteiger partial charge >= 0.3 is 6.03 Å². The maximum atomic E-state index is 12.4. The van der Waals surface area contributed by atoms with Crippen molar-refractivity contribution in [3.8, 4) is 11.5 Å². The number of nitrogens with one attached hydrogen (secondary N) is 2. The summed E-state index contributed by atoms with van der Waals surface area (Å²) in [5.41, 5.74) is 1.92. The highest BCUT2D eigenvalue weighted by molar-refractivity contribution is 7.99. The van der Waals surface area contributed by atoms with E-state index in [-0.39, 0.29) is 12.1 Å². The summed E-state index contributed by atoms with van der Waals surface area (Å²) in [6.45, 7) is 1.31. The molecule has 1 atom stereocenters. The average molecular weight is 425 g/mol. The Morgan fingerprint density at radius 2 is 2.04 bits per heavy atom. The third kappa shape index (κ3) is 4.23. The summed E-state index contributed by atoms with van der Waals surface area (Å²) >= 11 is 14.1. The number of urea groups is 1. The van der Waals surface area contributed by atoms with Gasteiger partial charge in [-0.25, -0.2) is 4.79 Å². The summed E-state index contributed by atoms with van der Waals surface area (Å²) in [4.78, 5) is 13.6. The molecule has 0 aromatic heterocycles. The third-order valence-electron chi connectivity index (χ3n) is 4.43. The van der Waals surface area contributed by atoms with Crippen LogP contribution >= 0.6 is 35.0 Å². The minimum atomic E-state index is -0.233. The molecule has 0 fully saturated rings. The van der Waals surface area contributed by atoms with Crippen LogP contribution in [0.4, 0.5) is 4.79 Å². The molecule has 142 valence electrons. The zero-order valence-corrected chi connectivity index (χ0v) is 16.7. The number of rotatable bonds is 3. The van der Waals surface area contributed by atoms with Crippen LogP contribution in [0.15, 0.2) is 35.2 Å².